The molecule has 0 radical (unpaired) electrons. The molecule has 0 atom stereocenters. The van der Waals surface area contributed by atoms with Gasteiger partial charge >= 0.3 is 6.61 Å². The molecule has 0 saturated heterocycles. The first-order valence-corrected chi connectivity index (χ1v) is 6.29. The van der Waals surface area contributed by atoms with Crippen LogP contribution in [-0.4, -0.2) is 11.7 Å². The fourth-order valence-electron chi connectivity index (χ4n) is 1.67. The summed E-state index contributed by atoms with van der Waals surface area (Å²) in [5.74, 6) is -1.25. The van der Waals surface area contributed by atoms with E-state index in [1.165, 1.54) is 30.3 Å². The average Bonchev–Trinajstić information content (AvgIpc) is 2.42. The summed E-state index contributed by atoms with van der Waals surface area (Å²) < 4.78 is 41.6. The van der Waals surface area contributed by atoms with E-state index in [1.807, 2.05) is 0 Å². The molecule has 3 nitrogen and oxygen atoms in total. The van der Waals surface area contributed by atoms with E-state index in [0.717, 1.165) is 0 Å². The van der Waals surface area contributed by atoms with Crippen molar-refractivity contribution in [1.82, 2.24) is 0 Å². The van der Waals surface area contributed by atoms with E-state index in [-0.39, 0.29) is 17.3 Å². The lowest BCUT2D eigenvalue weighted by Crippen LogP contribution is -2.03. The number of ether oxygens (including phenoxy) is 1. The van der Waals surface area contributed by atoms with Gasteiger partial charge in [0.05, 0.1) is 5.02 Å². The summed E-state index contributed by atoms with van der Waals surface area (Å²) in [7, 11) is 0. The van der Waals surface area contributed by atoms with E-state index in [0.29, 0.717) is 11.3 Å². The SMILES string of the molecule is Oc1ccc(CNc2ccc(OC(F)F)c(Cl)c2)cc1F. The number of benzene rings is 2. The molecule has 0 fully saturated rings. The Bertz CT molecular complexity index is 638. The highest BCUT2D eigenvalue weighted by Gasteiger charge is 2.09. The zero-order chi connectivity index (χ0) is 15.4. The summed E-state index contributed by atoms with van der Waals surface area (Å²) >= 11 is 5.81. The molecule has 2 N–H and O–H groups in total. The predicted molar refractivity (Wildman–Crippen MR) is 73.5 cm³/mol. The minimum atomic E-state index is -2.94. The van der Waals surface area contributed by atoms with E-state index in [9.17, 15) is 13.2 Å². The minimum Gasteiger partial charge on any atom is -0.505 e. The van der Waals surface area contributed by atoms with Gasteiger partial charge in [0.25, 0.3) is 0 Å². The Morgan fingerprint density at radius 1 is 1.19 bits per heavy atom. The molecule has 0 aliphatic heterocycles. The van der Waals surface area contributed by atoms with Gasteiger partial charge in [-0.05, 0) is 35.9 Å². The van der Waals surface area contributed by atoms with Gasteiger partial charge in [-0.25, -0.2) is 4.39 Å². The van der Waals surface area contributed by atoms with Gasteiger partial charge in [-0.15, -0.1) is 0 Å². The molecule has 0 aromatic heterocycles. The van der Waals surface area contributed by atoms with Gasteiger partial charge in [-0.3, -0.25) is 0 Å². The van der Waals surface area contributed by atoms with E-state index < -0.39 is 18.2 Å². The second-order valence-electron chi connectivity index (χ2n) is 4.16. The van der Waals surface area contributed by atoms with Crippen LogP contribution in [0.4, 0.5) is 18.9 Å². The Hall–Kier alpha value is -2.08. The first-order valence-electron chi connectivity index (χ1n) is 5.91. The Balaban J connectivity index is 2.03. The molecule has 0 spiro atoms. The molecule has 0 unspecified atom stereocenters. The van der Waals surface area contributed by atoms with Gasteiger partial charge in [-0.2, -0.15) is 8.78 Å². The van der Waals surface area contributed by atoms with Gasteiger partial charge in [0, 0.05) is 12.2 Å². The van der Waals surface area contributed by atoms with E-state index >= 15 is 0 Å². The molecule has 2 rings (SSSR count). The smallest absolute Gasteiger partial charge is 0.387 e. The van der Waals surface area contributed by atoms with Crippen molar-refractivity contribution in [2.75, 3.05) is 5.32 Å². The number of hydrogen-bond acceptors (Lipinski definition) is 3. The lowest BCUT2D eigenvalue weighted by atomic mass is 10.2. The molecular weight excluding hydrogens is 307 g/mol. The quantitative estimate of drug-likeness (QED) is 0.859. The fraction of sp³-hybridized carbons (Fsp3) is 0.143. The van der Waals surface area contributed by atoms with Crippen LogP contribution in [0.2, 0.25) is 5.02 Å². The largest absolute Gasteiger partial charge is 0.505 e. The fourth-order valence-corrected chi connectivity index (χ4v) is 1.89. The van der Waals surface area contributed by atoms with Gasteiger partial charge in [0.2, 0.25) is 0 Å². The highest BCUT2D eigenvalue weighted by molar-refractivity contribution is 6.32. The average molecular weight is 318 g/mol. The minimum absolute atomic E-state index is 0.0391. The van der Waals surface area contributed by atoms with Crippen LogP contribution in [0.15, 0.2) is 36.4 Å². The number of phenolic OH excluding ortho intramolecular Hbond substituents is 1. The Kier molecular flexibility index (Phi) is 4.80. The topological polar surface area (TPSA) is 41.5 Å². The molecule has 0 amide bonds. The van der Waals surface area contributed by atoms with Crippen LogP contribution >= 0.6 is 11.6 Å². The Morgan fingerprint density at radius 3 is 2.57 bits per heavy atom. The number of phenols is 1. The van der Waals surface area contributed by atoms with Crippen LogP contribution in [0, 0.1) is 5.82 Å². The maximum Gasteiger partial charge on any atom is 0.387 e. The molecule has 21 heavy (non-hydrogen) atoms. The zero-order valence-corrected chi connectivity index (χ0v) is 11.4. The summed E-state index contributed by atoms with van der Waals surface area (Å²) in [6.07, 6.45) is 0. The molecule has 0 heterocycles. The number of alkyl halides is 2. The van der Waals surface area contributed by atoms with Gasteiger partial charge in [0.15, 0.2) is 11.6 Å². The van der Waals surface area contributed by atoms with Gasteiger partial charge in [-0.1, -0.05) is 17.7 Å². The maximum atomic E-state index is 13.2. The molecule has 112 valence electrons. The van der Waals surface area contributed by atoms with Crippen molar-refractivity contribution in [2.24, 2.45) is 0 Å². The Morgan fingerprint density at radius 2 is 1.95 bits per heavy atom. The summed E-state index contributed by atoms with van der Waals surface area (Å²) in [6.45, 7) is -2.66. The molecule has 2 aromatic rings. The summed E-state index contributed by atoms with van der Waals surface area (Å²) in [5, 5.41) is 12.1. The number of hydrogen-bond donors (Lipinski definition) is 2. The third-order valence-corrected chi connectivity index (χ3v) is 2.95. The van der Waals surface area contributed by atoms with Crippen molar-refractivity contribution in [2.45, 2.75) is 13.2 Å². The Labute approximate surface area is 123 Å². The lowest BCUT2D eigenvalue weighted by molar-refractivity contribution is -0.0497. The van der Waals surface area contributed by atoms with Crippen molar-refractivity contribution < 1.29 is 23.0 Å². The molecule has 0 aliphatic carbocycles. The van der Waals surface area contributed by atoms with Crippen molar-refractivity contribution >= 4 is 17.3 Å². The molecule has 0 bridgehead atoms. The second kappa shape index (κ2) is 6.58. The number of halogens is 4. The highest BCUT2D eigenvalue weighted by Crippen LogP contribution is 2.29. The first kappa shape index (κ1) is 15.3. The number of rotatable bonds is 5. The monoisotopic (exact) mass is 317 g/mol. The normalized spacial score (nSPS) is 10.7. The van der Waals surface area contributed by atoms with Crippen molar-refractivity contribution in [3.05, 3.63) is 52.8 Å². The van der Waals surface area contributed by atoms with Gasteiger partial charge < -0.3 is 15.2 Å². The highest BCUT2D eigenvalue weighted by atomic mass is 35.5. The lowest BCUT2D eigenvalue weighted by Gasteiger charge is -2.10. The van der Waals surface area contributed by atoms with Crippen LogP contribution in [-0.2, 0) is 6.54 Å². The summed E-state index contributed by atoms with van der Waals surface area (Å²) in [6, 6.07) is 8.25. The van der Waals surface area contributed by atoms with Crippen LogP contribution < -0.4 is 10.1 Å². The maximum absolute atomic E-state index is 13.2. The predicted octanol–water partition coefficient (Wildman–Crippen LogP) is 4.40. The van der Waals surface area contributed by atoms with E-state index in [2.05, 4.69) is 10.1 Å². The van der Waals surface area contributed by atoms with Crippen molar-refractivity contribution in [3.63, 3.8) is 0 Å². The third kappa shape index (κ3) is 4.19. The molecule has 2 aromatic carbocycles. The molecule has 0 saturated carbocycles. The van der Waals surface area contributed by atoms with Crippen molar-refractivity contribution in [1.29, 1.82) is 0 Å². The van der Waals surface area contributed by atoms with Crippen LogP contribution in [0.25, 0.3) is 0 Å². The van der Waals surface area contributed by atoms with Gasteiger partial charge in [0.1, 0.15) is 5.75 Å². The number of nitrogens with one attached hydrogen (secondary N) is 1. The zero-order valence-electron chi connectivity index (χ0n) is 10.6. The van der Waals surface area contributed by atoms with E-state index in [4.69, 9.17) is 16.7 Å². The van der Waals surface area contributed by atoms with Crippen LogP contribution in [0.5, 0.6) is 11.5 Å². The molecular formula is C14H11ClF3NO2. The number of aromatic hydroxyl groups is 1. The molecule has 0 aliphatic rings. The first-order chi connectivity index (χ1) is 9.95. The third-order valence-electron chi connectivity index (χ3n) is 2.66. The number of anilines is 1. The standard InChI is InChI=1S/C14H11ClF3NO2/c15-10-6-9(2-4-13(10)21-14(17)18)19-7-8-1-3-12(20)11(16)5-8/h1-6,14,19-20H,7H2. The summed E-state index contributed by atoms with van der Waals surface area (Å²) in [4.78, 5) is 0. The molecule has 7 heteroatoms. The van der Waals surface area contributed by atoms with Crippen LogP contribution in [0.1, 0.15) is 5.56 Å². The van der Waals surface area contributed by atoms with E-state index in [1.54, 1.807) is 6.07 Å². The van der Waals surface area contributed by atoms with Crippen LogP contribution in [0.3, 0.4) is 0 Å². The van der Waals surface area contributed by atoms with Crippen molar-refractivity contribution in [3.8, 4) is 11.5 Å². The second-order valence-corrected chi connectivity index (χ2v) is 4.57. The summed E-state index contributed by atoms with van der Waals surface area (Å²) in [5.41, 5.74) is 1.17.